The van der Waals surface area contributed by atoms with Crippen molar-refractivity contribution in [1.82, 2.24) is 4.98 Å². The van der Waals surface area contributed by atoms with Crippen LogP contribution in [0.2, 0.25) is 5.02 Å². The summed E-state index contributed by atoms with van der Waals surface area (Å²) in [5.41, 5.74) is 2.52. The third kappa shape index (κ3) is 3.09. The van der Waals surface area contributed by atoms with Crippen LogP contribution in [-0.4, -0.2) is 10.9 Å². The Labute approximate surface area is 134 Å². The number of anilines is 1. The van der Waals surface area contributed by atoms with Gasteiger partial charge in [-0.2, -0.15) is 0 Å². The predicted molar refractivity (Wildman–Crippen MR) is 85.9 cm³/mol. The Bertz CT molecular complexity index is 825. The van der Waals surface area contributed by atoms with E-state index in [2.05, 4.69) is 26.2 Å². The van der Waals surface area contributed by atoms with Gasteiger partial charge in [0.2, 0.25) is 0 Å². The van der Waals surface area contributed by atoms with Gasteiger partial charge in [0.15, 0.2) is 11.5 Å². The van der Waals surface area contributed by atoms with Crippen LogP contribution in [0.3, 0.4) is 0 Å². The minimum atomic E-state index is -0.238. The Morgan fingerprint density at radius 3 is 2.86 bits per heavy atom. The Morgan fingerprint density at radius 2 is 2.10 bits per heavy atom. The molecule has 0 aliphatic rings. The van der Waals surface area contributed by atoms with Crippen LogP contribution >= 0.6 is 27.5 Å². The van der Waals surface area contributed by atoms with Gasteiger partial charge in [-0.15, -0.1) is 0 Å². The zero-order chi connectivity index (χ0) is 15.0. The zero-order valence-corrected chi connectivity index (χ0v) is 13.3. The summed E-state index contributed by atoms with van der Waals surface area (Å²) in [5, 5.41) is 3.31. The highest BCUT2D eigenvalue weighted by Gasteiger charge is 2.10. The van der Waals surface area contributed by atoms with E-state index in [1.165, 1.54) is 0 Å². The summed E-state index contributed by atoms with van der Waals surface area (Å²) in [5.74, 6) is 0.352. The topological polar surface area (TPSA) is 55.1 Å². The molecule has 3 aromatic rings. The number of carbonyl (C=O) groups excluding carboxylic acids is 1. The average molecular weight is 366 g/mol. The van der Waals surface area contributed by atoms with Crippen LogP contribution in [-0.2, 0) is 0 Å². The van der Waals surface area contributed by atoms with Gasteiger partial charge in [-0.1, -0.05) is 27.5 Å². The van der Waals surface area contributed by atoms with Crippen molar-refractivity contribution in [1.29, 1.82) is 0 Å². The second kappa shape index (κ2) is 5.50. The number of amides is 1. The molecule has 6 heteroatoms. The molecule has 21 heavy (non-hydrogen) atoms. The van der Waals surface area contributed by atoms with Crippen LogP contribution in [0.25, 0.3) is 11.1 Å². The van der Waals surface area contributed by atoms with Gasteiger partial charge >= 0.3 is 0 Å². The van der Waals surface area contributed by atoms with Crippen molar-refractivity contribution in [2.24, 2.45) is 0 Å². The fourth-order valence-electron chi connectivity index (χ4n) is 2.01. The molecule has 3 rings (SSSR count). The van der Waals surface area contributed by atoms with Crippen molar-refractivity contribution in [3.05, 3.63) is 57.3 Å². The number of carbonyl (C=O) groups is 1. The molecule has 0 fully saturated rings. The number of oxazole rings is 1. The first-order valence-electron chi connectivity index (χ1n) is 6.16. The van der Waals surface area contributed by atoms with Gasteiger partial charge in [-0.3, -0.25) is 4.79 Å². The maximum atomic E-state index is 12.2. The summed E-state index contributed by atoms with van der Waals surface area (Å²) in [7, 11) is 0. The van der Waals surface area contributed by atoms with Crippen molar-refractivity contribution < 1.29 is 9.21 Å². The molecule has 1 heterocycles. The molecule has 106 valence electrons. The summed E-state index contributed by atoms with van der Waals surface area (Å²) in [4.78, 5) is 16.5. The monoisotopic (exact) mass is 364 g/mol. The molecular formula is C15H10BrClN2O2. The molecule has 0 spiro atoms. The number of rotatable bonds is 2. The third-order valence-corrected chi connectivity index (χ3v) is 3.55. The van der Waals surface area contributed by atoms with Crippen molar-refractivity contribution in [2.75, 3.05) is 5.32 Å². The van der Waals surface area contributed by atoms with Gasteiger partial charge in [-0.05, 0) is 36.4 Å². The van der Waals surface area contributed by atoms with Crippen LogP contribution in [0.1, 0.15) is 16.2 Å². The second-order valence-electron chi connectivity index (χ2n) is 4.53. The predicted octanol–water partition coefficient (Wildman–Crippen LogP) is 4.80. The molecule has 0 aliphatic carbocycles. The Kier molecular flexibility index (Phi) is 3.69. The molecule has 1 amide bonds. The molecule has 0 bridgehead atoms. The molecule has 0 aliphatic heterocycles. The van der Waals surface area contributed by atoms with Gasteiger partial charge in [-0.25, -0.2) is 4.98 Å². The Morgan fingerprint density at radius 1 is 1.29 bits per heavy atom. The van der Waals surface area contributed by atoms with Crippen molar-refractivity contribution in [3.8, 4) is 0 Å². The number of fused-ring (bicyclic) bond motifs is 1. The van der Waals surface area contributed by atoms with Gasteiger partial charge < -0.3 is 9.73 Å². The molecule has 0 atom stereocenters. The summed E-state index contributed by atoms with van der Waals surface area (Å²) < 4.78 is 6.15. The molecule has 0 unspecified atom stereocenters. The largest absolute Gasteiger partial charge is 0.441 e. The van der Waals surface area contributed by atoms with Gasteiger partial charge in [0, 0.05) is 27.7 Å². The number of nitrogens with zero attached hydrogens (tertiary/aromatic N) is 1. The standard InChI is InChI=1S/C15H10BrClN2O2/c1-8-18-13-7-12(2-3-14(13)21-8)19-15(20)9-4-10(16)6-11(17)5-9/h2-7H,1H3,(H,19,20). The van der Waals surface area contributed by atoms with Crippen LogP contribution < -0.4 is 5.32 Å². The number of hydrogen-bond acceptors (Lipinski definition) is 3. The maximum absolute atomic E-state index is 12.2. The van der Waals surface area contributed by atoms with Gasteiger partial charge in [0.25, 0.3) is 5.91 Å². The van der Waals surface area contributed by atoms with Crippen molar-refractivity contribution in [2.45, 2.75) is 6.92 Å². The van der Waals surface area contributed by atoms with E-state index in [0.29, 0.717) is 33.3 Å². The molecule has 4 nitrogen and oxygen atoms in total. The van der Waals surface area contributed by atoms with E-state index < -0.39 is 0 Å². The lowest BCUT2D eigenvalue weighted by atomic mass is 10.2. The van der Waals surface area contributed by atoms with E-state index in [4.69, 9.17) is 16.0 Å². The molecule has 1 aromatic heterocycles. The van der Waals surface area contributed by atoms with Crippen molar-refractivity contribution >= 4 is 50.2 Å². The lowest BCUT2D eigenvalue weighted by Gasteiger charge is -2.06. The first-order chi connectivity index (χ1) is 10.0. The summed E-state index contributed by atoms with van der Waals surface area (Å²) >= 11 is 9.26. The zero-order valence-electron chi connectivity index (χ0n) is 11.0. The summed E-state index contributed by atoms with van der Waals surface area (Å²) in [6.45, 7) is 1.78. The Hall–Kier alpha value is -1.85. The normalized spacial score (nSPS) is 10.8. The van der Waals surface area contributed by atoms with Gasteiger partial charge in [0.1, 0.15) is 5.52 Å². The van der Waals surface area contributed by atoms with Gasteiger partial charge in [0.05, 0.1) is 0 Å². The summed E-state index contributed by atoms with van der Waals surface area (Å²) in [6, 6.07) is 10.4. The smallest absolute Gasteiger partial charge is 0.255 e. The molecular weight excluding hydrogens is 356 g/mol. The number of aryl methyl sites for hydroxylation is 1. The maximum Gasteiger partial charge on any atom is 0.255 e. The van der Waals surface area contributed by atoms with Crippen LogP contribution in [0.5, 0.6) is 0 Å². The lowest BCUT2D eigenvalue weighted by molar-refractivity contribution is 0.102. The van der Waals surface area contributed by atoms with Crippen LogP contribution in [0.15, 0.2) is 45.3 Å². The van der Waals surface area contributed by atoms with E-state index in [-0.39, 0.29) is 5.91 Å². The molecule has 1 N–H and O–H groups in total. The SMILES string of the molecule is Cc1nc2cc(NC(=O)c3cc(Cl)cc(Br)c3)ccc2o1. The van der Waals surface area contributed by atoms with E-state index in [1.54, 1.807) is 43.3 Å². The number of benzene rings is 2. The second-order valence-corrected chi connectivity index (χ2v) is 5.88. The summed E-state index contributed by atoms with van der Waals surface area (Å²) in [6.07, 6.45) is 0. The van der Waals surface area contributed by atoms with E-state index in [9.17, 15) is 4.79 Å². The highest BCUT2D eigenvalue weighted by Crippen LogP contribution is 2.22. The highest BCUT2D eigenvalue weighted by atomic mass is 79.9. The quantitative estimate of drug-likeness (QED) is 0.709. The number of hydrogen-bond donors (Lipinski definition) is 1. The molecule has 0 saturated carbocycles. The molecule has 0 radical (unpaired) electrons. The first-order valence-corrected chi connectivity index (χ1v) is 7.33. The first kappa shape index (κ1) is 14.1. The molecule has 0 saturated heterocycles. The number of halogens is 2. The minimum absolute atomic E-state index is 0.238. The van der Waals surface area contributed by atoms with E-state index in [1.807, 2.05) is 0 Å². The third-order valence-electron chi connectivity index (χ3n) is 2.88. The fraction of sp³-hybridized carbons (Fsp3) is 0.0667. The van der Waals surface area contributed by atoms with Crippen molar-refractivity contribution in [3.63, 3.8) is 0 Å². The number of nitrogens with one attached hydrogen (secondary N) is 1. The van der Waals surface area contributed by atoms with E-state index >= 15 is 0 Å². The number of aromatic nitrogens is 1. The van der Waals surface area contributed by atoms with Crippen LogP contribution in [0, 0.1) is 6.92 Å². The minimum Gasteiger partial charge on any atom is -0.441 e. The lowest BCUT2D eigenvalue weighted by Crippen LogP contribution is -2.11. The van der Waals surface area contributed by atoms with E-state index in [0.717, 1.165) is 4.47 Å². The fourth-order valence-corrected chi connectivity index (χ4v) is 2.87. The Balaban J connectivity index is 1.88. The van der Waals surface area contributed by atoms with Crippen LogP contribution in [0.4, 0.5) is 5.69 Å². The molecule has 2 aromatic carbocycles. The highest BCUT2D eigenvalue weighted by molar-refractivity contribution is 9.10. The average Bonchev–Trinajstić information content (AvgIpc) is 2.77.